The van der Waals surface area contributed by atoms with Gasteiger partial charge in [-0.25, -0.2) is 4.79 Å². The van der Waals surface area contributed by atoms with Crippen LogP contribution < -0.4 is 21.1 Å². The van der Waals surface area contributed by atoms with Crippen molar-refractivity contribution in [2.75, 3.05) is 17.7 Å². The maximum atomic E-state index is 12.3. The average Bonchev–Trinajstić information content (AvgIpc) is 3.14. The third kappa shape index (κ3) is 3.81. The molecule has 0 aliphatic rings. The van der Waals surface area contributed by atoms with Gasteiger partial charge in [0.15, 0.2) is 0 Å². The fourth-order valence-electron chi connectivity index (χ4n) is 3.34. The van der Waals surface area contributed by atoms with Crippen LogP contribution in [0.15, 0.2) is 72.8 Å². The molecule has 30 heavy (non-hydrogen) atoms. The SMILES string of the molecule is COc1cccc(NC(=O)Nc2ccc(-c3c(C(N)=O)[nH]c4ccccc34)cc2)c1. The highest BCUT2D eigenvalue weighted by atomic mass is 16.5. The van der Waals surface area contributed by atoms with Gasteiger partial charge < -0.3 is 26.1 Å². The predicted molar refractivity (Wildman–Crippen MR) is 118 cm³/mol. The first-order valence-corrected chi connectivity index (χ1v) is 9.28. The summed E-state index contributed by atoms with van der Waals surface area (Å²) in [7, 11) is 1.57. The third-order valence-corrected chi connectivity index (χ3v) is 4.71. The molecular weight excluding hydrogens is 380 g/mol. The number of methoxy groups -OCH3 is 1. The minimum Gasteiger partial charge on any atom is -0.497 e. The molecule has 0 saturated heterocycles. The van der Waals surface area contributed by atoms with Gasteiger partial charge in [-0.2, -0.15) is 0 Å². The third-order valence-electron chi connectivity index (χ3n) is 4.71. The summed E-state index contributed by atoms with van der Waals surface area (Å²) in [6, 6.07) is 21.6. The van der Waals surface area contributed by atoms with E-state index >= 15 is 0 Å². The van der Waals surface area contributed by atoms with E-state index in [1.54, 1.807) is 43.5 Å². The molecule has 0 saturated carbocycles. The second-order valence-electron chi connectivity index (χ2n) is 6.67. The van der Waals surface area contributed by atoms with Crippen LogP contribution in [0.5, 0.6) is 5.75 Å². The van der Waals surface area contributed by atoms with Crippen LogP contribution in [0.4, 0.5) is 16.2 Å². The Morgan fingerprint density at radius 3 is 2.37 bits per heavy atom. The van der Waals surface area contributed by atoms with Gasteiger partial charge >= 0.3 is 6.03 Å². The summed E-state index contributed by atoms with van der Waals surface area (Å²) in [5.74, 6) is 0.127. The molecule has 4 rings (SSSR count). The lowest BCUT2D eigenvalue weighted by Gasteiger charge is -2.10. The molecule has 0 radical (unpaired) electrons. The van der Waals surface area contributed by atoms with E-state index in [-0.39, 0.29) is 6.03 Å². The average molecular weight is 400 g/mol. The van der Waals surface area contributed by atoms with Crippen molar-refractivity contribution >= 4 is 34.2 Å². The normalized spacial score (nSPS) is 10.6. The number of carbonyl (C=O) groups is 2. The maximum Gasteiger partial charge on any atom is 0.323 e. The van der Waals surface area contributed by atoms with Gasteiger partial charge in [0, 0.05) is 33.9 Å². The van der Waals surface area contributed by atoms with Crippen LogP contribution >= 0.6 is 0 Å². The Kier molecular flexibility index (Phi) is 5.09. The lowest BCUT2D eigenvalue weighted by Crippen LogP contribution is -2.19. The number of rotatable bonds is 5. The summed E-state index contributed by atoms with van der Waals surface area (Å²) in [4.78, 5) is 27.3. The van der Waals surface area contributed by atoms with Crippen molar-refractivity contribution in [3.63, 3.8) is 0 Å². The molecule has 0 fully saturated rings. The molecule has 1 aromatic heterocycles. The van der Waals surface area contributed by atoms with Gasteiger partial charge in [0.25, 0.3) is 5.91 Å². The molecule has 1 heterocycles. The number of urea groups is 1. The van der Waals surface area contributed by atoms with Gasteiger partial charge in [0.05, 0.1) is 7.11 Å². The maximum absolute atomic E-state index is 12.3. The van der Waals surface area contributed by atoms with Crippen LogP contribution in [0, 0.1) is 0 Å². The Bertz CT molecular complexity index is 1230. The molecule has 0 bridgehead atoms. The number of aromatic nitrogens is 1. The number of nitrogens with one attached hydrogen (secondary N) is 3. The predicted octanol–water partition coefficient (Wildman–Crippen LogP) is 4.59. The largest absolute Gasteiger partial charge is 0.497 e. The van der Waals surface area contributed by atoms with E-state index in [0.29, 0.717) is 22.8 Å². The zero-order chi connectivity index (χ0) is 21.1. The quantitative estimate of drug-likeness (QED) is 0.393. The molecule has 5 N–H and O–H groups in total. The van der Waals surface area contributed by atoms with Crippen molar-refractivity contribution in [2.24, 2.45) is 5.73 Å². The van der Waals surface area contributed by atoms with E-state index < -0.39 is 5.91 Å². The molecule has 0 spiro atoms. The Hall–Kier alpha value is -4.26. The molecule has 7 heteroatoms. The van der Waals surface area contributed by atoms with Crippen LogP contribution in [0.2, 0.25) is 0 Å². The smallest absolute Gasteiger partial charge is 0.323 e. The van der Waals surface area contributed by atoms with Crippen LogP contribution in [0.3, 0.4) is 0 Å². The van der Waals surface area contributed by atoms with Crippen LogP contribution in [-0.2, 0) is 0 Å². The Morgan fingerprint density at radius 2 is 1.63 bits per heavy atom. The first-order chi connectivity index (χ1) is 14.5. The molecular formula is C23H20N4O3. The van der Waals surface area contributed by atoms with E-state index in [9.17, 15) is 9.59 Å². The van der Waals surface area contributed by atoms with Crippen molar-refractivity contribution in [3.05, 3.63) is 78.5 Å². The summed E-state index contributed by atoms with van der Waals surface area (Å²) < 4.78 is 5.15. The first-order valence-electron chi connectivity index (χ1n) is 9.28. The summed E-state index contributed by atoms with van der Waals surface area (Å²) in [6.07, 6.45) is 0. The molecule has 4 aromatic rings. The van der Waals surface area contributed by atoms with Gasteiger partial charge in [-0.3, -0.25) is 4.79 Å². The summed E-state index contributed by atoms with van der Waals surface area (Å²) in [5.41, 5.74) is 9.54. The fraction of sp³-hybridized carbons (Fsp3) is 0.0435. The topological polar surface area (TPSA) is 109 Å². The second-order valence-corrected chi connectivity index (χ2v) is 6.67. The van der Waals surface area contributed by atoms with Gasteiger partial charge in [0.1, 0.15) is 11.4 Å². The summed E-state index contributed by atoms with van der Waals surface area (Å²) in [5, 5.41) is 6.45. The van der Waals surface area contributed by atoms with E-state index in [2.05, 4.69) is 15.6 Å². The number of primary amides is 1. The number of nitrogens with two attached hydrogens (primary N) is 1. The lowest BCUT2D eigenvalue weighted by molar-refractivity contribution is 0.0997. The van der Waals surface area contributed by atoms with Crippen LogP contribution in [-0.4, -0.2) is 24.0 Å². The number of ether oxygens (including phenoxy) is 1. The summed E-state index contributed by atoms with van der Waals surface area (Å²) in [6.45, 7) is 0. The highest BCUT2D eigenvalue weighted by Crippen LogP contribution is 2.33. The molecule has 0 aliphatic heterocycles. The van der Waals surface area contributed by atoms with Crippen molar-refractivity contribution in [1.29, 1.82) is 0 Å². The molecule has 0 atom stereocenters. The second kappa shape index (κ2) is 8.00. The molecule has 7 nitrogen and oxygen atoms in total. The molecule has 150 valence electrons. The van der Waals surface area contributed by atoms with Gasteiger partial charge in [-0.1, -0.05) is 36.4 Å². The number of amides is 3. The molecule has 3 amide bonds. The molecule has 0 aliphatic carbocycles. The number of anilines is 2. The zero-order valence-corrected chi connectivity index (χ0v) is 16.2. The van der Waals surface area contributed by atoms with Crippen LogP contribution in [0.25, 0.3) is 22.0 Å². The highest BCUT2D eigenvalue weighted by Gasteiger charge is 2.17. The number of benzene rings is 3. The standard InChI is InChI=1S/C23H20N4O3/c1-30-17-6-4-5-16(13-17)26-23(29)25-15-11-9-14(10-12-15)20-18-7-2-3-8-19(18)27-21(20)22(24)28/h2-13,27H,1H3,(H2,24,28)(H2,25,26,29). The number of fused-ring (bicyclic) bond motifs is 1. The number of para-hydroxylation sites is 1. The van der Waals surface area contributed by atoms with Crippen molar-refractivity contribution in [3.8, 4) is 16.9 Å². The highest BCUT2D eigenvalue weighted by molar-refractivity contribution is 6.09. The zero-order valence-electron chi connectivity index (χ0n) is 16.2. The van der Waals surface area contributed by atoms with Gasteiger partial charge in [-0.05, 0) is 35.9 Å². The monoisotopic (exact) mass is 400 g/mol. The Balaban J connectivity index is 1.55. The Morgan fingerprint density at radius 1 is 0.900 bits per heavy atom. The van der Waals surface area contributed by atoms with E-state index in [1.165, 1.54) is 0 Å². The number of carbonyl (C=O) groups excluding carboxylic acids is 2. The first kappa shape index (κ1) is 19.1. The Labute approximate surface area is 172 Å². The molecule has 3 aromatic carbocycles. The number of aromatic amines is 1. The minimum absolute atomic E-state index is 0.354. The van der Waals surface area contributed by atoms with Crippen molar-refractivity contribution in [2.45, 2.75) is 0 Å². The molecule has 0 unspecified atom stereocenters. The number of H-pyrrole nitrogens is 1. The lowest BCUT2D eigenvalue weighted by atomic mass is 10.0. The van der Waals surface area contributed by atoms with E-state index in [4.69, 9.17) is 10.5 Å². The number of hydrogen-bond donors (Lipinski definition) is 4. The van der Waals surface area contributed by atoms with E-state index in [0.717, 1.165) is 22.0 Å². The van der Waals surface area contributed by atoms with Crippen molar-refractivity contribution < 1.29 is 14.3 Å². The fourth-order valence-corrected chi connectivity index (χ4v) is 3.34. The van der Waals surface area contributed by atoms with Gasteiger partial charge in [0.2, 0.25) is 0 Å². The van der Waals surface area contributed by atoms with Crippen molar-refractivity contribution in [1.82, 2.24) is 4.98 Å². The minimum atomic E-state index is -0.527. The summed E-state index contributed by atoms with van der Waals surface area (Å²) >= 11 is 0. The van der Waals surface area contributed by atoms with E-state index in [1.807, 2.05) is 36.4 Å². The van der Waals surface area contributed by atoms with Crippen LogP contribution in [0.1, 0.15) is 10.5 Å². The number of hydrogen-bond acceptors (Lipinski definition) is 3. The van der Waals surface area contributed by atoms with Gasteiger partial charge in [-0.15, -0.1) is 0 Å².